The molecule has 13 heavy (non-hydrogen) atoms. The summed E-state index contributed by atoms with van der Waals surface area (Å²) in [5, 5.41) is 1.00. The molecule has 0 aromatic rings. The molecule has 2 rings (SSSR count). The Morgan fingerprint density at radius 1 is 0.923 bits per heavy atom. The summed E-state index contributed by atoms with van der Waals surface area (Å²) in [6.45, 7) is 2.43. The van der Waals surface area contributed by atoms with Crippen LogP contribution in [0.1, 0.15) is 45.4 Å². The van der Waals surface area contributed by atoms with Crippen molar-refractivity contribution in [2.45, 2.75) is 50.7 Å². The lowest BCUT2D eigenvalue weighted by atomic mass is 9.89. The van der Waals surface area contributed by atoms with Crippen molar-refractivity contribution in [2.24, 2.45) is 17.8 Å². The van der Waals surface area contributed by atoms with Crippen LogP contribution in [0.15, 0.2) is 0 Å². The van der Waals surface area contributed by atoms with Gasteiger partial charge in [0.2, 0.25) is 0 Å². The Bertz CT molecular complexity index is 167. The molecule has 0 aromatic carbocycles. The topological polar surface area (TPSA) is 0 Å². The van der Waals surface area contributed by atoms with Crippen molar-refractivity contribution < 1.29 is 0 Å². The van der Waals surface area contributed by atoms with Crippen LogP contribution >= 0.6 is 11.8 Å². The average Bonchev–Trinajstić information content (AvgIpc) is 2.71. The fraction of sp³-hybridized carbons (Fsp3) is 1.00. The second kappa shape index (κ2) is 4.25. The highest BCUT2D eigenvalue weighted by Gasteiger charge is 2.33. The summed E-state index contributed by atoms with van der Waals surface area (Å²) in [6, 6.07) is 0. The highest BCUT2D eigenvalue weighted by Crippen LogP contribution is 2.44. The molecular formula is C12H22S. The number of hydrogen-bond donors (Lipinski definition) is 0. The van der Waals surface area contributed by atoms with Crippen LogP contribution in [0, 0.1) is 17.8 Å². The van der Waals surface area contributed by atoms with Gasteiger partial charge in [0.25, 0.3) is 0 Å². The van der Waals surface area contributed by atoms with Gasteiger partial charge in [-0.1, -0.05) is 13.3 Å². The van der Waals surface area contributed by atoms with Crippen molar-refractivity contribution in [1.29, 1.82) is 0 Å². The fourth-order valence-electron chi connectivity index (χ4n) is 3.29. The normalized spacial score (nSPS) is 45.7. The Labute approximate surface area is 86.9 Å². The van der Waals surface area contributed by atoms with E-state index in [1.54, 1.807) is 0 Å². The molecule has 2 aliphatic rings. The molecule has 4 unspecified atom stereocenters. The van der Waals surface area contributed by atoms with Crippen LogP contribution in [0.5, 0.6) is 0 Å². The van der Waals surface area contributed by atoms with E-state index in [9.17, 15) is 0 Å². The lowest BCUT2D eigenvalue weighted by molar-refractivity contribution is 0.339. The summed E-state index contributed by atoms with van der Waals surface area (Å²) < 4.78 is 0. The third kappa shape index (κ3) is 2.23. The van der Waals surface area contributed by atoms with Gasteiger partial charge in [0, 0.05) is 5.25 Å². The molecule has 2 saturated carbocycles. The molecule has 0 bridgehead atoms. The second-order valence-electron chi connectivity index (χ2n) is 5.11. The highest BCUT2D eigenvalue weighted by molar-refractivity contribution is 7.99. The minimum Gasteiger partial charge on any atom is -0.162 e. The third-order valence-corrected chi connectivity index (χ3v) is 5.26. The van der Waals surface area contributed by atoms with E-state index in [4.69, 9.17) is 0 Å². The Balaban J connectivity index is 1.82. The maximum absolute atomic E-state index is 2.43. The Morgan fingerprint density at radius 3 is 2.15 bits per heavy atom. The van der Waals surface area contributed by atoms with Crippen molar-refractivity contribution in [3.8, 4) is 0 Å². The molecule has 0 spiro atoms. The molecule has 0 saturated heterocycles. The van der Waals surface area contributed by atoms with Gasteiger partial charge in [-0.3, -0.25) is 0 Å². The first-order valence-corrected chi connectivity index (χ1v) is 7.11. The molecule has 0 aliphatic heterocycles. The summed E-state index contributed by atoms with van der Waals surface area (Å²) >= 11 is 2.10. The van der Waals surface area contributed by atoms with Crippen molar-refractivity contribution >= 4 is 11.8 Å². The van der Waals surface area contributed by atoms with Gasteiger partial charge in [0.05, 0.1) is 0 Å². The van der Waals surface area contributed by atoms with Gasteiger partial charge in [-0.2, -0.15) is 11.8 Å². The first kappa shape index (κ1) is 9.89. The summed E-state index contributed by atoms with van der Waals surface area (Å²) in [7, 11) is 0. The van der Waals surface area contributed by atoms with E-state index < -0.39 is 0 Å². The standard InChI is InChI=1S/C12H22S/c1-9-3-4-10(7-9)11-5-6-12(8-11)13-2/h9-12H,3-8H2,1-2H3. The predicted octanol–water partition coefficient (Wildman–Crippen LogP) is 3.95. The third-order valence-electron chi connectivity index (χ3n) is 4.16. The highest BCUT2D eigenvalue weighted by atomic mass is 32.2. The van der Waals surface area contributed by atoms with Gasteiger partial charge in [-0.25, -0.2) is 0 Å². The van der Waals surface area contributed by atoms with Crippen molar-refractivity contribution in [3.05, 3.63) is 0 Å². The molecule has 0 amide bonds. The summed E-state index contributed by atoms with van der Waals surface area (Å²) in [5.74, 6) is 3.23. The molecular weight excluding hydrogens is 176 g/mol. The lowest BCUT2D eigenvalue weighted by Crippen LogP contribution is -2.09. The molecule has 0 nitrogen and oxygen atoms in total. The molecule has 4 atom stereocenters. The fourth-order valence-corrected chi connectivity index (χ4v) is 4.11. The first-order valence-electron chi connectivity index (χ1n) is 5.82. The monoisotopic (exact) mass is 198 g/mol. The second-order valence-corrected chi connectivity index (χ2v) is 6.25. The van der Waals surface area contributed by atoms with Crippen molar-refractivity contribution in [2.75, 3.05) is 6.26 Å². The minimum absolute atomic E-state index is 1.00. The van der Waals surface area contributed by atoms with Crippen LogP contribution in [-0.2, 0) is 0 Å². The van der Waals surface area contributed by atoms with E-state index >= 15 is 0 Å². The van der Waals surface area contributed by atoms with E-state index in [1.165, 1.54) is 38.5 Å². The van der Waals surface area contributed by atoms with Gasteiger partial charge in [0.15, 0.2) is 0 Å². The lowest BCUT2D eigenvalue weighted by Gasteiger charge is -2.18. The van der Waals surface area contributed by atoms with Gasteiger partial charge < -0.3 is 0 Å². The minimum atomic E-state index is 1.00. The Morgan fingerprint density at radius 2 is 1.62 bits per heavy atom. The quantitative estimate of drug-likeness (QED) is 0.647. The molecule has 76 valence electrons. The molecule has 0 N–H and O–H groups in total. The maximum Gasteiger partial charge on any atom is 0.00471 e. The zero-order valence-electron chi connectivity index (χ0n) is 8.96. The van der Waals surface area contributed by atoms with E-state index in [0.717, 1.165) is 23.0 Å². The van der Waals surface area contributed by atoms with Crippen LogP contribution in [0.4, 0.5) is 0 Å². The van der Waals surface area contributed by atoms with E-state index in [0.29, 0.717) is 0 Å². The van der Waals surface area contributed by atoms with Crippen LogP contribution < -0.4 is 0 Å². The van der Waals surface area contributed by atoms with Crippen LogP contribution in [0.3, 0.4) is 0 Å². The zero-order valence-corrected chi connectivity index (χ0v) is 9.78. The molecule has 0 heterocycles. The number of rotatable bonds is 2. The van der Waals surface area contributed by atoms with E-state index in [1.807, 2.05) is 0 Å². The summed E-state index contributed by atoms with van der Waals surface area (Å²) in [6.07, 6.45) is 11.4. The molecule has 0 aromatic heterocycles. The van der Waals surface area contributed by atoms with Gasteiger partial charge in [-0.05, 0) is 56.1 Å². The largest absolute Gasteiger partial charge is 0.162 e. The van der Waals surface area contributed by atoms with Gasteiger partial charge in [-0.15, -0.1) is 0 Å². The van der Waals surface area contributed by atoms with Crippen molar-refractivity contribution in [1.82, 2.24) is 0 Å². The average molecular weight is 198 g/mol. The van der Waals surface area contributed by atoms with Crippen LogP contribution in [0.2, 0.25) is 0 Å². The number of thioether (sulfide) groups is 1. The predicted molar refractivity (Wildman–Crippen MR) is 61.1 cm³/mol. The zero-order chi connectivity index (χ0) is 9.26. The van der Waals surface area contributed by atoms with E-state index in [2.05, 4.69) is 24.9 Å². The number of hydrogen-bond acceptors (Lipinski definition) is 1. The Kier molecular flexibility index (Phi) is 3.23. The van der Waals surface area contributed by atoms with Crippen molar-refractivity contribution in [3.63, 3.8) is 0 Å². The van der Waals surface area contributed by atoms with E-state index in [-0.39, 0.29) is 0 Å². The first-order chi connectivity index (χ1) is 6.29. The van der Waals surface area contributed by atoms with Gasteiger partial charge in [0.1, 0.15) is 0 Å². The van der Waals surface area contributed by atoms with Gasteiger partial charge >= 0.3 is 0 Å². The molecule has 0 radical (unpaired) electrons. The molecule has 1 heteroatoms. The summed E-state index contributed by atoms with van der Waals surface area (Å²) in [5.41, 5.74) is 0. The maximum atomic E-state index is 2.43. The van der Waals surface area contributed by atoms with Crippen LogP contribution in [-0.4, -0.2) is 11.5 Å². The molecule has 2 aliphatic carbocycles. The van der Waals surface area contributed by atoms with Crippen LogP contribution in [0.25, 0.3) is 0 Å². The molecule has 2 fully saturated rings. The Hall–Kier alpha value is 0.350. The summed E-state index contributed by atoms with van der Waals surface area (Å²) in [4.78, 5) is 0. The SMILES string of the molecule is CSC1CCC(C2CCC(C)C2)C1. The smallest absolute Gasteiger partial charge is 0.00471 e.